The summed E-state index contributed by atoms with van der Waals surface area (Å²) in [5.41, 5.74) is 0. The van der Waals surface area contributed by atoms with Crippen LogP contribution in [0.25, 0.3) is 0 Å². The van der Waals surface area contributed by atoms with E-state index in [4.69, 9.17) is 18.9 Å². The van der Waals surface area contributed by atoms with Crippen LogP contribution < -0.4 is 0 Å². The van der Waals surface area contributed by atoms with E-state index in [9.17, 15) is 0 Å². The first-order chi connectivity index (χ1) is 15.3. The monoisotopic (exact) mass is 442 g/mol. The van der Waals surface area contributed by atoms with Crippen molar-refractivity contribution in [2.24, 2.45) is 0 Å². The molecule has 0 rings (SSSR count). The molecule has 0 aromatic carbocycles. The van der Waals surface area contributed by atoms with E-state index in [1.807, 2.05) is 6.08 Å². The summed E-state index contributed by atoms with van der Waals surface area (Å²) in [4.78, 5) is 0. The molecule has 0 aromatic heterocycles. The summed E-state index contributed by atoms with van der Waals surface area (Å²) in [6, 6.07) is 0. The van der Waals surface area contributed by atoms with Gasteiger partial charge in [-0.05, 0) is 25.3 Å². The van der Waals surface area contributed by atoms with E-state index in [-0.39, 0.29) is 6.29 Å². The molecule has 4 nitrogen and oxygen atoms in total. The second-order valence-electron chi connectivity index (χ2n) is 8.64. The Hall–Kier alpha value is -0.580. The van der Waals surface area contributed by atoms with E-state index in [1.54, 1.807) is 13.4 Å². The molecule has 31 heavy (non-hydrogen) atoms. The summed E-state index contributed by atoms with van der Waals surface area (Å²) >= 11 is 0. The predicted molar refractivity (Wildman–Crippen MR) is 132 cm³/mol. The van der Waals surface area contributed by atoms with Crippen molar-refractivity contribution in [3.8, 4) is 0 Å². The first-order valence-electron chi connectivity index (χ1n) is 13.3. The van der Waals surface area contributed by atoms with Gasteiger partial charge in [0.05, 0.1) is 6.26 Å². The van der Waals surface area contributed by atoms with E-state index < -0.39 is 0 Å². The lowest BCUT2D eigenvalue weighted by Gasteiger charge is -2.18. The zero-order valence-electron chi connectivity index (χ0n) is 21.2. The molecular formula is C27H54O4. The van der Waals surface area contributed by atoms with Gasteiger partial charge in [-0.25, -0.2) is 0 Å². The average Bonchev–Trinajstić information content (AvgIpc) is 2.78. The van der Waals surface area contributed by atoms with Gasteiger partial charge < -0.3 is 18.9 Å². The fraction of sp³-hybridized carbons (Fsp3) is 0.926. The molecule has 0 amide bonds. The topological polar surface area (TPSA) is 36.9 Å². The molecule has 4 heteroatoms. The summed E-state index contributed by atoms with van der Waals surface area (Å²) in [5, 5.41) is 0. The van der Waals surface area contributed by atoms with Crippen LogP contribution in [0.1, 0.15) is 129 Å². The van der Waals surface area contributed by atoms with Crippen LogP contribution in [0.2, 0.25) is 0 Å². The maximum atomic E-state index is 6.07. The highest BCUT2D eigenvalue weighted by molar-refractivity contribution is 4.73. The zero-order chi connectivity index (χ0) is 22.7. The molecule has 0 aromatic rings. The molecule has 0 saturated carbocycles. The highest BCUT2D eigenvalue weighted by Gasteiger charge is 2.08. The number of methoxy groups -OCH3 is 1. The van der Waals surface area contributed by atoms with Crippen LogP contribution in [0.4, 0.5) is 0 Å². The van der Waals surface area contributed by atoms with Crippen molar-refractivity contribution >= 4 is 0 Å². The third-order valence-electron chi connectivity index (χ3n) is 5.55. The Morgan fingerprint density at radius 3 is 1.52 bits per heavy atom. The molecule has 0 fully saturated rings. The van der Waals surface area contributed by atoms with Gasteiger partial charge in [0.25, 0.3) is 0 Å². The largest absolute Gasteiger partial charge is 0.476 e. The highest BCUT2D eigenvalue weighted by atomic mass is 16.7. The zero-order valence-corrected chi connectivity index (χ0v) is 21.2. The standard InChI is InChI=1S/C27H54O4/c1-4-6-8-10-12-14-16-19-24-30-27(22-18-21-23-29-26-28-3)31-25-20-17-15-13-11-9-7-5-2/h21,23,27H,4-20,22,24-26H2,1-3H3. The summed E-state index contributed by atoms with van der Waals surface area (Å²) in [6.07, 6.45) is 26.6. The van der Waals surface area contributed by atoms with Crippen molar-refractivity contribution in [2.45, 2.75) is 136 Å². The highest BCUT2D eigenvalue weighted by Crippen LogP contribution is 2.12. The Morgan fingerprint density at radius 1 is 0.613 bits per heavy atom. The van der Waals surface area contributed by atoms with Gasteiger partial charge in [0.2, 0.25) is 0 Å². The molecule has 0 saturated heterocycles. The quantitative estimate of drug-likeness (QED) is 0.0764. The number of ether oxygens (including phenoxy) is 4. The van der Waals surface area contributed by atoms with Crippen molar-refractivity contribution in [1.29, 1.82) is 0 Å². The van der Waals surface area contributed by atoms with E-state index in [1.165, 1.54) is 89.9 Å². The Labute approximate surface area is 194 Å². The third-order valence-corrected chi connectivity index (χ3v) is 5.55. The minimum atomic E-state index is -0.0961. The molecule has 0 N–H and O–H groups in total. The molecule has 0 unspecified atom stereocenters. The first-order valence-corrected chi connectivity index (χ1v) is 13.3. The van der Waals surface area contributed by atoms with Crippen molar-refractivity contribution in [3.05, 3.63) is 12.3 Å². The fourth-order valence-electron chi connectivity index (χ4n) is 3.59. The second-order valence-corrected chi connectivity index (χ2v) is 8.64. The van der Waals surface area contributed by atoms with E-state index in [0.717, 1.165) is 38.9 Å². The van der Waals surface area contributed by atoms with Crippen molar-refractivity contribution in [3.63, 3.8) is 0 Å². The van der Waals surface area contributed by atoms with Gasteiger partial charge >= 0.3 is 0 Å². The van der Waals surface area contributed by atoms with Crippen LogP contribution in [0.15, 0.2) is 12.3 Å². The average molecular weight is 443 g/mol. The normalized spacial score (nSPS) is 11.7. The number of hydrogen-bond donors (Lipinski definition) is 0. The van der Waals surface area contributed by atoms with Gasteiger partial charge in [-0.15, -0.1) is 0 Å². The van der Waals surface area contributed by atoms with Gasteiger partial charge in [0.15, 0.2) is 13.1 Å². The van der Waals surface area contributed by atoms with Crippen LogP contribution >= 0.6 is 0 Å². The van der Waals surface area contributed by atoms with Crippen molar-refractivity contribution in [2.75, 3.05) is 27.1 Å². The molecule has 186 valence electrons. The van der Waals surface area contributed by atoms with Gasteiger partial charge in [-0.3, -0.25) is 0 Å². The Bertz CT molecular complexity index is 324. The number of hydrogen-bond acceptors (Lipinski definition) is 4. The smallest absolute Gasteiger partial charge is 0.187 e. The number of unbranched alkanes of at least 4 members (excludes halogenated alkanes) is 14. The second kappa shape index (κ2) is 27.5. The molecule has 0 aliphatic carbocycles. The third kappa shape index (κ3) is 25.6. The van der Waals surface area contributed by atoms with Gasteiger partial charge in [0.1, 0.15) is 0 Å². The minimum Gasteiger partial charge on any atom is -0.476 e. The molecular weight excluding hydrogens is 388 g/mol. The summed E-state index contributed by atoms with van der Waals surface area (Å²) < 4.78 is 22.2. The Morgan fingerprint density at radius 2 is 1.06 bits per heavy atom. The number of rotatable bonds is 26. The number of allylic oxidation sites excluding steroid dienone is 1. The summed E-state index contributed by atoms with van der Waals surface area (Å²) in [5.74, 6) is 0. The van der Waals surface area contributed by atoms with Crippen LogP contribution in [-0.4, -0.2) is 33.4 Å². The van der Waals surface area contributed by atoms with E-state index in [2.05, 4.69) is 13.8 Å². The Kier molecular flexibility index (Phi) is 26.9. The van der Waals surface area contributed by atoms with Crippen LogP contribution in [0.3, 0.4) is 0 Å². The molecule has 0 bridgehead atoms. The van der Waals surface area contributed by atoms with Gasteiger partial charge in [0, 0.05) is 26.7 Å². The molecule has 0 radical (unpaired) electrons. The lowest BCUT2D eigenvalue weighted by molar-refractivity contribution is -0.146. The first kappa shape index (κ1) is 30.4. The van der Waals surface area contributed by atoms with Gasteiger partial charge in [-0.2, -0.15) is 0 Å². The van der Waals surface area contributed by atoms with Crippen LogP contribution in [0.5, 0.6) is 0 Å². The molecule has 0 heterocycles. The predicted octanol–water partition coefficient (Wildman–Crippen LogP) is 8.54. The molecule has 0 spiro atoms. The molecule has 0 aliphatic heterocycles. The molecule has 0 atom stereocenters. The van der Waals surface area contributed by atoms with Crippen molar-refractivity contribution in [1.82, 2.24) is 0 Å². The van der Waals surface area contributed by atoms with Crippen LogP contribution in [-0.2, 0) is 18.9 Å². The maximum Gasteiger partial charge on any atom is 0.187 e. The van der Waals surface area contributed by atoms with Gasteiger partial charge in [-0.1, -0.05) is 104 Å². The Balaban J connectivity index is 3.85. The van der Waals surface area contributed by atoms with E-state index >= 15 is 0 Å². The lowest BCUT2D eigenvalue weighted by atomic mass is 10.1. The molecule has 0 aliphatic rings. The summed E-state index contributed by atoms with van der Waals surface area (Å²) in [7, 11) is 1.63. The van der Waals surface area contributed by atoms with Crippen LogP contribution in [0, 0.1) is 0 Å². The summed E-state index contributed by atoms with van der Waals surface area (Å²) in [6.45, 7) is 6.45. The van der Waals surface area contributed by atoms with Crippen molar-refractivity contribution < 1.29 is 18.9 Å². The fourth-order valence-corrected chi connectivity index (χ4v) is 3.59. The lowest BCUT2D eigenvalue weighted by Crippen LogP contribution is -2.18. The van der Waals surface area contributed by atoms with E-state index in [0.29, 0.717) is 6.79 Å². The maximum absolute atomic E-state index is 6.07. The minimum absolute atomic E-state index is 0.0961. The SMILES string of the molecule is CCCCCCCCCCOC(CCC=COCOC)OCCCCCCCCCC.